The number of rotatable bonds is 8. The molecule has 1 aromatic carbocycles. The van der Waals surface area contributed by atoms with Crippen molar-refractivity contribution in [3.8, 4) is 5.75 Å². The lowest BCUT2D eigenvalue weighted by atomic mass is 9.95. The van der Waals surface area contributed by atoms with Gasteiger partial charge in [0.2, 0.25) is 5.91 Å². The lowest BCUT2D eigenvalue weighted by molar-refractivity contribution is -0.126. The zero-order valence-corrected chi connectivity index (χ0v) is 17.3. The van der Waals surface area contributed by atoms with Gasteiger partial charge in [0, 0.05) is 30.6 Å². The first-order chi connectivity index (χ1) is 12.9. The first kappa shape index (κ1) is 21.5. The lowest BCUT2D eigenvalue weighted by Gasteiger charge is -2.32. The lowest BCUT2D eigenvalue weighted by Crippen LogP contribution is -2.43. The Morgan fingerprint density at radius 2 is 1.96 bits per heavy atom. The molecule has 27 heavy (non-hydrogen) atoms. The van der Waals surface area contributed by atoms with Gasteiger partial charge in [-0.25, -0.2) is 0 Å². The minimum Gasteiger partial charge on any atom is -0.490 e. The molecule has 1 heterocycles. The molecule has 0 spiro atoms. The molecule has 1 aromatic rings. The van der Waals surface area contributed by atoms with Gasteiger partial charge in [0.25, 0.3) is 5.91 Å². The number of halogens is 1. The second kappa shape index (κ2) is 10.5. The van der Waals surface area contributed by atoms with Crippen molar-refractivity contribution >= 4 is 23.4 Å². The molecule has 1 fully saturated rings. The maximum Gasteiger partial charge on any atom is 0.257 e. The van der Waals surface area contributed by atoms with Crippen LogP contribution in [0.3, 0.4) is 0 Å². The highest BCUT2D eigenvalue weighted by Crippen LogP contribution is 2.27. The Balaban J connectivity index is 1.93. The summed E-state index contributed by atoms with van der Waals surface area (Å²) in [4.78, 5) is 27.0. The highest BCUT2D eigenvalue weighted by molar-refractivity contribution is 6.31. The SMILES string of the molecule is CCCCCNC(=O)C1CCN(C(=O)c2cc(Cl)ccc2OC(C)C)CC1. The fraction of sp³-hybridized carbons (Fsp3) is 0.619. The van der Waals surface area contributed by atoms with Crippen molar-refractivity contribution in [2.24, 2.45) is 5.92 Å². The van der Waals surface area contributed by atoms with Crippen molar-refractivity contribution in [3.05, 3.63) is 28.8 Å². The van der Waals surface area contributed by atoms with Gasteiger partial charge in [-0.15, -0.1) is 0 Å². The third-order valence-corrected chi connectivity index (χ3v) is 5.00. The van der Waals surface area contributed by atoms with Crippen LogP contribution in [0.25, 0.3) is 0 Å². The Morgan fingerprint density at radius 1 is 1.26 bits per heavy atom. The van der Waals surface area contributed by atoms with Gasteiger partial charge in [0.05, 0.1) is 11.7 Å². The van der Waals surface area contributed by atoms with Gasteiger partial charge in [0.15, 0.2) is 0 Å². The number of carbonyl (C=O) groups excluding carboxylic acids is 2. The molecular formula is C21H31ClN2O3. The summed E-state index contributed by atoms with van der Waals surface area (Å²) in [7, 11) is 0. The Hall–Kier alpha value is -1.75. The first-order valence-corrected chi connectivity index (χ1v) is 10.3. The zero-order valence-electron chi connectivity index (χ0n) is 16.6. The van der Waals surface area contributed by atoms with Crippen LogP contribution in [0.15, 0.2) is 18.2 Å². The number of carbonyl (C=O) groups is 2. The number of piperidine rings is 1. The predicted octanol–water partition coefficient (Wildman–Crippen LogP) is 4.29. The van der Waals surface area contributed by atoms with Gasteiger partial charge < -0.3 is 15.0 Å². The molecule has 0 aliphatic carbocycles. The maximum absolute atomic E-state index is 13.0. The number of ether oxygens (including phenoxy) is 1. The van der Waals surface area contributed by atoms with Crippen molar-refractivity contribution in [1.29, 1.82) is 0 Å². The molecular weight excluding hydrogens is 364 g/mol. The summed E-state index contributed by atoms with van der Waals surface area (Å²) < 4.78 is 5.77. The number of likely N-dealkylation sites (tertiary alicyclic amines) is 1. The van der Waals surface area contributed by atoms with E-state index in [4.69, 9.17) is 16.3 Å². The van der Waals surface area contributed by atoms with Gasteiger partial charge in [-0.1, -0.05) is 31.4 Å². The molecule has 0 saturated carbocycles. The summed E-state index contributed by atoms with van der Waals surface area (Å²) in [5, 5.41) is 3.53. The Kier molecular flexibility index (Phi) is 8.42. The van der Waals surface area contributed by atoms with Gasteiger partial charge in [-0.05, 0) is 51.3 Å². The molecule has 5 nitrogen and oxygen atoms in total. The van der Waals surface area contributed by atoms with E-state index >= 15 is 0 Å². The molecule has 2 rings (SSSR count). The Labute approximate surface area is 167 Å². The van der Waals surface area contributed by atoms with E-state index < -0.39 is 0 Å². The van der Waals surface area contributed by atoms with Crippen LogP contribution in [0.5, 0.6) is 5.75 Å². The van der Waals surface area contributed by atoms with E-state index in [0.29, 0.717) is 42.3 Å². The molecule has 2 amide bonds. The molecule has 0 bridgehead atoms. The minimum absolute atomic E-state index is 0.0126. The number of benzene rings is 1. The maximum atomic E-state index is 13.0. The fourth-order valence-corrected chi connectivity index (χ4v) is 3.44. The van der Waals surface area contributed by atoms with Crippen molar-refractivity contribution < 1.29 is 14.3 Å². The third kappa shape index (κ3) is 6.42. The van der Waals surface area contributed by atoms with Crippen molar-refractivity contribution in [2.75, 3.05) is 19.6 Å². The summed E-state index contributed by atoms with van der Waals surface area (Å²) in [5.74, 6) is 0.566. The molecule has 1 saturated heterocycles. The summed E-state index contributed by atoms with van der Waals surface area (Å²) in [5.41, 5.74) is 0.485. The quantitative estimate of drug-likeness (QED) is 0.669. The van der Waals surface area contributed by atoms with Crippen LogP contribution in [0.4, 0.5) is 0 Å². The van der Waals surface area contributed by atoms with Crippen LogP contribution in [0.2, 0.25) is 5.02 Å². The van der Waals surface area contributed by atoms with E-state index in [0.717, 1.165) is 25.8 Å². The molecule has 1 N–H and O–H groups in total. The van der Waals surface area contributed by atoms with Crippen molar-refractivity contribution in [3.63, 3.8) is 0 Å². The highest BCUT2D eigenvalue weighted by Gasteiger charge is 2.29. The van der Waals surface area contributed by atoms with Crippen LogP contribution >= 0.6 is 11.6 Å². The van der Waals surface area contributed by atoms with E-state index in [-0.39, 0.29) is 23.8 Å². The zero-order chi connectivity index (χ0) is 19.8. The molecule has 0 aromatic heterocycles. The predicted molar refractivity (Wildman–Crippen MR) is 108 cm³/mol. The van der Waals surface area contributed by atoms with Crippen molar-refractivity contribution in [2.45, 2.75) is 59.0 Å². The second-order valence-electron chi connectivity index (χ2n) is 7.37. The van der Waals surface area contributed by atoms with E-state index in [1.54, 1.807) is 23.1 Å². The van der Waals surface area contributed by atoms with E-state index in [1.807, 2.05) is 13.8 Å². The molecule has 150 valence electrons. The summed E-state index contributed by atoms with van der Waals surface area (Å²) >= 11 is 6.09. The van der Waals surface area contributed by atoms with Crippen LogP contribution in [0.1, 0.15) is 63.2 Å². The smallest absolute Gasteiger partial charge is 0.257 e. The van der Waals surface area contributed by atoms with E-state index in [9.17, 15) is 9.59 Å². The first-order valence-electron chi connectivity index (χ1n) is 9.95. The summed E-state index contributed by atoms with van der Waals surface area (Å²) in [6.45, 7) is 7.87. The number of unbranched alkanes of at least 4 members (excludes halogenated alkanes) is 2. The average Bonchev–Trinajstić information content (AvgIpc) is 2.65. The number of hydrogen-bond acceptors (Lipinski definition) is 3. The number of nitrogens with zero attached hydrogens (tertiary/aromatic N) is 1. The van der Waals surface area contributed by atoms with Crippen LogP contribution in [-0.4, -0.2) is 42.5 Å². The van der Waals surface area contributed by atoms with Crippen LogP contribution in [0, 0.1) is 5.92 Å². The molecule has 0 unspecified atom stereocenters. The summed E-state index contributed by atoms with van der Waals surface area (Å²) in [6, 6.07) is 5.13. The Bertz CT molecular complexity index is 640. The molecule has 1 aliphatic rings. The fourth-order valence-electron chi connectivity index (χ4n) is 3.27. The van der Waals surface area contributed by atoms with Gasteiger partial charge in [-0.2, -0.15) is 0 Å². The Morgan fingerprint density at radius 3 is 2.59 bits per heavy atom. The summed E-state index contributed by atoms with van der Waals surface area (Å²) in [6.07, 6.45) is 4.64. The number of amides is 2. The third-order valence-electron chi connectivity index (χ3n) is 4.77. The van der Waals surface area contributed by atoms with Crippen molar-refractivity contribution in [1.82, 2.24) is 10.2 Å². The van der Waals surface area contributed by atoms with Crippen LogP contribution < -0.4 is 10.1 Å². The van der Waals surface area contributed by atoms with Gasteiger partial charge >= 0.3 is 0 Å². The molecule has 0 radical (unpaired) electrons. The normalized spacial score (nSPS) is 15.1. The largest absolute Gasteiger partial charge is 0.490 e. The molecule has 6 heteroatoms. The second-order valence-corrected chi connectivity index (χ2v) is 7.81. The monoisotopic (exact) mass is 394 g/mol. The highest BCUT2D eigenvalue weighted by atomic mass is 35.5. The van der Waals surface area contributed by atoms with Crippen LogP contribution in [-0.2, 0) is 4.79 Å². The number of nitrogens with one attached hydrogen (secondary N) is 1. The van der Waals surface area contributed by atoms with E-state index in [1.165, 1.54) is 0 Å². The number of hydrogen-bond donors (Lipinski definition) is 1. The molecule has 1 aliphatic heterocycles. The minimum atomic E-state index is -0.0880. The van der Waals surface area contributed by atoms with Gasteiger partial charge in [-0.3, -0.25) is 9.59 Å². The standard InChI is InChI=1S/C21H31ClN2O3/c1-4-5-6-11-23-20(25)16-9-12-24(13-10-16)21(26)18-14-17(22)7-8-19(18)27-15(2)3/h7-8,14-16H,4-6,9-13H2,1-3H3,(H,23,25). The topological polar surface area (TPSA) is 58.6 Å². The van der Waals surface area contributed by atoms with E-state index in [2.05, 4.69) is 12.2 Å². The average molecular weight is 395 g/mol. The van der Waals surface area contributed by atoms with Gasteiger partial charge in [0.1, 0.15) is 5.75 Å². The molecule has 0 atom stereocenters.